The molecule has 2 heteroatoms. The Balaban J connectivity index is 1.54. The fourth-order valence-corrected chi connectivity index (χ4v) is 7.03. The van der Waals surface area contributed by atoms with Crippen molar-refractivity contribution in [3.63, 3.8) is 0 Å². The Morgan fingerprint density at radius 3 is 2.70 bits per heavy atom. The van der Waals surface area contributed by atoms with Crippen LogP contribution in [0.2, 0.25) is 0 Å². The second-order valence-electron chi connectivity index (χ2n) is 9.04. The maximum Gasteiger partial charge on any atom is 0.156 e. The number of carbonyl (C=O) groups excluding carboxylic acids is 1. The molecule has 0 saturated heterocycles. The van der Waals surface area contributed by atoms with E-state index in [4.69, 9.17) is 4.74 Å². The molecule has 1 aromatic rings. The lowest BCUT2D eigenvalue weighted by atomic mass is 9.55. The summed E-state index contributed by atoms with van der Waals surface area (Å²) in [6.07, 6.45) is 12.6. The molecule has 4 aliphatic carbocycles. The van der Waals surface area contributed by atoms with Crippen LogP contribution in [-0.2, 0) is 9.53 Å². The van der Waals surface area contributed by atoms with Crippen LogP contribution in [0.15, 0.2) is 53.1 Å². The molecule has 0 amide bonds. The average Bonchev–Trinajstić information content (AvgIpc) is 3.14. The van der Waals surface area contributed by atoms with E-state index in [-0.39, 0.29) is 11.5 Å². The molecule has 0 N–H and O–H groups in total. The molecule has 0 aliphatic heterocycles. The second kappa shape index (κ2) is 6.74. The molecule has 5 rings (SSSR count). The van der Waals surface area contributed by atoms with Crippen molar-refractivity contribution in [2.45, 2.75) is 63.9 Å². The Bertz CT molecular complexity index is 803. The molecule has 2 fully saturated rings. The first-order valence-electron chi connectivity index (χ1n) is 10.8. The van der Waals surface area contributed by atoms with Crippen molar-refractivity contribution < 1.29 is 9.53 Å². The maximum absolute atomic E-state index is 11.9. The topological polar surface area (TPSA) is 26.3 Å². The Hall–Kier alpha value is -1.67. The second-order valence-corrected chi connectivity index (χ2v) is 9.04. The van der Waals surface area contributed by atoms with E-state index in [0.29, 0.717) is 11.7 Å². The summed E-state index contributed by atoms with van der Waals surface area (Å²) in [5.74, 6) is 1.78. The van der Waals surface area contributed by atoms with Crippen molar-refractivity contribution >= 4 is 5.78 Å². The minimum absolute atomic E-state index is 0.211. The highest BCUT2D eigenvalue weighted by molar-refractivity contribution is 5.93. The number of methoxy groups -OCH3 is 1. The van der Waals surface area contributed by atoms with Gasteiger partial charge in [0.25, 0.3) is 0 Å². The van der Waals surface area contributed by atoms with Crippen molar-refractivity contribution in [3.8, 4) is 0 Å². The standard InChI is InChI=1S/C25H30O2/c1-27-24(17-6-3-2-4-7-17)25-14-5-8-23(25)22-11-9-18-16-19(26)10-12-20(18)21(22)13-15-25/h2-4,6-7,16,22-24H,5,8-15H2,1H3/t22-,23+,24?,25-/m1/s1. The van der Waals surface area contributed by atoms with Gasteiger partial charge in [-0.3, -0.25) is 4.79 Å². The van der Waals surface area contributed by atoms with E-state index in [1.54, 1.807) is 11.1 Å². The van der Waals surface area contributed by atoms with Gasteiger partial charge < -0.3 is 4.74 Å². The molecule has 27 heavy (non-hydrogen) atoms. The number of benzene rings is 1. The summed E-state index contributed by atoms with van der Waals surface area (Å²) >= 11 is 0. The zero-order valence-electron chi connectivity index (χ0n) is 16.4. The van der Waals surface area contributed by atoms with Crippen molar-refractivity contribution in [1.29, 1.82) is 0 Å². The molecule has 4 atom stereocenters. The van der Waals surface area contributed by atoms with Gasteiger partial charge in [0.2, 0.25) is 0 Å². The van der Waals surface area contributed by atoms with E-state index in [1.165, 1.54) is 49.7 Å². The van der Waals surface area contributed by atoms with Gasteiger partial charge in [-0.25, -0.2) is 0 Å². The molecule has 0 radical (unpaired) electrons. The predicted octanol–water partition coefficient (Wildman–Crippen LogP) is 5.95. The lowest BCUT2D eigenvalue weighted by Crippen LogP contribution is -2.43. The van der Waals surface area contributed by atoms with Crippen molar-refractivity contribution in [2.24, 2.45) is 17.3 Å². The predicted molar refractivity (Wildman–Crippen MR) is 107 cm³/mol. The van der Waals surface area contributed by atoms with Crippen molar-refractivity contribution in [2.75, 3.05) is 7.11 Å². The third-order valence-electron chi connectivity index (χ3n) is 8.01. The molecule has 0 bridgehead atoms. The number of hydrogen-bond donors (Lipinski definition) is 0. The van der Waals surface area contributed by atoms with Crippen LogP contribution in [0, 0.1) is 17.3 Å². The molecule has 0 aromatic heterocycles. The Labute approximate surface area is 162 Å². The summed E-state index contributed by atoms with van der Waals surface area (Å²) < 4.78 is 6.21. The maximum atomic E-state index is 11.9. The normalized spacial score (nSPS) is 33.8. The zero-order valence-corrected chi connectivity index (χ0v) is 16.4. The number of ketones is 1. The molecule has 0 spiro atoms. The number of hydrogen-bond acceptors (Lipinski definition) is 2. The third kappa shape index (κ3) is 2.68. The number of fused-ring (bicyclic) bond motifs is 4. The average molecular weight is 363 g/mol. The van der Waals surface area contributed by atoms with Crippen LogP contribution < -0.4 is 0 Å². The van der Waals surface area contributed by atoms with Crippen molar-refractivity contribution in [1.82, 2.24) is 0 Å². The van der Waals surface area contributed by atoms with Crippen LogP contribution in [0.4, 0.5) is 0 Å². The van der Waals surface area contributed by atoms with Crippen LogP contribution >= 0.6 is 0 Å². The van der Waals surface area contributed by atoms with E-state index in [9.17, 15) is 4.79 Å². The summed E-state index contributed by atoms with van der Waals surface area (Å²) in [5, 5.41) is 0. The number of ether oxygens (including phenoxy) is 1. The number of carbonyl (C=O) groups is 1. The van der Waals surface area contributed by atoms with E-state index in [2.05, 4.69) is 30.3 Å². The molecule has 0 heterocycles. The van der Waals surface area contributed by atoms with Crippen LogP contribution in [0.1, 0.15) is 69.5 Å². The summed E-state index contributed by atoms with van der Waals surface area (Å²) in [4.78, 5) is 11.9. The Morgan fingerprint density at radius 1 is 1.04 bits per heavy atom. The van der Waals surface area contributed by atoms with Crippen LogP contribution in [0.25, 0.3) is 0 Å². The van der Waals surface area contributed by atoms with Gasteiger partial charge in [0.15, 0.2) is 5.78 Å². The highest BCUT2D eigenvalue weighted by Crippen LogP contribution is 2.64. The smallest absolute Gasteiger partial charge is 0.156 e. The van der Waals surface area contributed by atoms with Gasteiger partial charge in [0, 0.05) is 18.9 Å². The Morgan fingerprint density at radius 2 is 1.89 bits per heavy atom. The molecule has 2 nitrogen and oxygen atoms in total. The van der Waals surface area contributed by atoms with Crippen LogP contribution in [0.3, 0.4) is 0 Å². The first-order valence-corrected chi connectivity index (χ1v) is 10.8. The van der Waals surface area contributed by atoms with Gasteiger partial charge in [-0.05, 0) is 79.6 Å². The number of allylic oxidation sites excluding steroid dienone is 4. The van der Waals surface area contributed by atoms with Crippen LogP contribution in [-0.4, -0.2) is 12.9 Å². The first-order chi connectivity index (χ1) is 13.2. The summed E-state index contributed by atoms with van der Waals surface area (Å²) in [6, 6.07) is 10.9. The van der Waals surface area contributed by atoms with Crippen LogP contribution in [0.5, 0.6) is 0 Å². The lowest BCUT2D eigenvalue weighted by Gasteiger charge is -2.51. The zero-order chi connectivity index (χ0) is 18.4. The van der Waals surface area contributed by atoms with E-state index in [0.717, 1.165) is 25.2 Å². The summed E-state index contributed by atoms with van der Waals surface area (Å²) in [5.41, 5.74) is 6.29. The molecule has 142 valence electrons. The molecule has 2 saturated carbocycles. The van der Waals surface area contributed by atoms with Crippen molar-refractivity contribution in [3.05, 3.63) is 58.7 Å². The van der Waals surface area contributed by atoms with Gasteiger partial charge in [-0.2, -0.15) is 0 Å². The minimum atomic E-state index is 0.211. The van der Waals surface area contributed by atoms with Gasteiger partial charge in [-0.1, -0.05) is 42.3 Å². The molecule has 4 aliphatic rings. The fraction of sp³-hybridized carbons (Fsp3) is 0.560. The van der Waals surface area contributed by atoms with E-state index in [1.807, 2.05) is 13.2 Å². The van der Waals surface area contributed by atoms with Gasteiger partial charge >= 0.3 is 0 Å². The van der Waals surface area contributed by atoms with Gasteiger partial charge in [0.05, 0.1) is 6.10 Å². The lowest BCUT2D eigenvalue weighted by molar-refractivity contribution is -0.114. The minimum Gasteiger partial charge on any atom is -0.376 e. The number of rotatable bonds is 3. The molecular weight excluding hydrogens is 332 g/mol. The van der Waals surface area contributed by atoms with Gasteiger partial charge in [0.1, 0.15) is 0 Å². The largest absolute Gasteiger partial charge is 0.376 e. The highest BCUT2D eigenvalue weighted by atomic mass is 16.5. The quantitative estimate of drug-likeness (QED) is 0.664. The molecule has 1 aromatic carbocycles. The monoisotopic (exact) mass is 362 g/mol. The summed E-state index contributed by atoms with van der Waals surface area (Å²) in [7, 11) is 1.91. The summed E-state index contributed by atoms with van der Waals surface area (Å²) in [6.45, 7) is 0. The Kier molecular flexibility index (Phi) is 4.35. The molecule has 1 unspecified atom stereocenters. The molecular formula is C25H30O2. The first kappa shape index (κ1) is 17.4. The van der Waals surface area contributed by atoms with Gasteiger partial charge in [-0.15, -0.1) is 0 Å². The highest BCUT2D eigenvalue weighted by Gasteiger charge is 2.55. The van der Waals surface area contributed by atoms with E-state index < -0.39 is 0 Å². The SMILES string of the molecule is COC(c1ccccc1)[C@@]12CCC[C@H]1[C@@H]1CCC3=CC(=O)CCC3=C1CC2. The fourth-order valence-electron chi connectivity index (χ4n) is 7.03. The third-order valence-corrected chi connectivity index (χ3v) is 8.01. The van der Waals surface area contributed by atoms with E-state index >= 15 is 0 Å².